The lowest BCUT2D eigenvalue weighted by Crippen LogP contribution is -2.56. The molecule has 0 aliphatic carbocycles. The molecule has 1 atom stereocenters. The summed E-state index contributed by atoms with van der Waals surface area (Å²) in [6, 6.07) is 8.04. The molecule has 0 radical (unpaired) electrons. The number of aliphatic carboxylic acids is 1. The molecule has 0 bridgehead atoms. The van der Waals surface area contributed by atoms with E-state index >= 15 is 0 Å². The molecule has 0 saturated heterocycles. The Bertz CT molecular complexity index is 420. The highest BCUT2D eigenvalue weighted by Crippen LogP contribution is 2.17. The van der Waals surface area contributed by atoms with E-state index in [1.807, 2.05) is 50.1 Å². The number of aryl methyl sites for hydroxylation is 1. The molecule has 0 spiro atoms. The van der Waals surface area contributed by atoms with Crippen LogP contribution in [0.2, 0.25) is 0 Å². The van der Waals surface area contributed by atoms with Crippen LogP contribution in [0.1, 0.15) is 19.4 Å². The second-order valence-electron chi connectivity index (χ2n) is 4.86. The minimum atomic E-state index is -0.937. The average Bonchev–Trinajstić information content (AvgIpc) is 2.29. The van der Waals surface area contributed by atoms with Crippen LogP contribution in [0.25, 0.3) is 0 Å². The second-order valence-corrected chi connectivity index (χ2v) is 4.86. The predicted octanol–water partition coefficient (Wildman–Crippen LogP) is 1.88. The minimum absolute atomic E-state index is 0.416. The molecular formula is C14H22N2O2. The topological polar surface area (TPSA) is 52.6 Å². The van der Waals surface area contributed by atoms with Crippen molar-refractivity contribution in [3.05, 3.63) is 29.8 Å². The Morgan fingerprint density at radius 2 is 2.17 bits per heavy atom. The number of benzene rings is 1. The number of hydrogen-bond acceptors (Lipinski definition) is 3. The highest BCUT2D eigenvalue weighted by atomic mass is 16.4. The zero-order valence-corrected chi connectivity index (χ0v) is 11.5. The molecule has 0 saturated carbocycles. The third-order valence-corrected chi connectivity index (χ3v) is 3.03. The van der Waals surface area contributed by atoms with Gasteiger partial charge in [0.2, 0.25) is 0 Å². The fourth-order valence-electron chi connectivity index (χ4n) is 2.02. The number of hydrogen-bond donors (Lipinski definition) is 2. The van der Waals surface area contributed by atoms with E-state index in [-0.39, 0.29) is 0 Å². The maximum Gasteiger partial charge on any atom is 0.325 e. The third kappa shape index (κ3) is 3.47. The summed E-state index contributed by atoms with van der Waals surface area (Å²) in [5.74, 6) is -0.830. The lowest BCUT2D eigenvalue weighted by atomic mass is 10.0. The zero-order valence-electron chi connectivity index (χ0n) is 11.5. The van der Waals surface area contributed by atoms with Crippen molar-refractivity contribution in [1.29, 1.82) is 0 Å². The third-order valence-electron chi connectivity index (χ3n) is 3.03. The summed E-state index contributed by atoms with van der Waals surface area (Å²) in [4.78, 5) is 13.3. The van der Waals surface area contributed by atoms with Gasteiger partial charge in [-0.1, -0.05) is 19.1 Å². The van der Waals surface area contributed by atoms with Crippen LogP contribution in [0, 0.1) is 6.92 Å². The number of anilines is 1. The van der Waals surface area contributed by atoms with Crippen LogP contribution in [0.3, 0.4) is 0 Å². The molecule has 0 amide bonds. The van der Waals surface area contributed by atoms with Gasteiger partial charge in [-0.05, 0) is 38.1 Å². The molecule has 2 N–H and O–H groups in total. The highest BCUT2D eigenvalue weighted by molar-refractivity contribution is 5.79. The zero-order chi connectivity index (χ0) is 13.8. The largest absolute Gasteiger partial charge is 0.480 e. The van der Waals surface area contributed by atoms with Gasteiger partial charge in [0, 0.05) is 19.3 Å². The monoisotopic (exact) mass is 250 g/mol. The van der Waals surface area contributed by atoms with Crippen LogP contribution >= 0.6 is 0 Å². The standard InChI is InChI=1S/C14H22N2O2/c1-5-15-14(3,13(17)18)10-16(4)12-8-6-7-11(2)9-12/h6-9,15H,5,10H2,1-4H3,(H,17,18). The van der Waals surface area contributed by atoms with E-state index in [0.29, 0.717) is 13.1 Å². The fraction of sp³-hybridized carbons (Fsp3) is 0.500. The van der Waals surface area contributed by atoms with Crippen molar-refractivity contribution in [2.45, 2.75) is 26.3 Å². The van der Waals surface area contributed by atoms with Crippen molar-refractivity contribution >= 4 is 11.7 Å². The average molecular weight is 250 g/mol. The van der Waals surface area contributed by atoms with E-state index in [9.17, 15) is 9.90 Å². The van der Waals surface area contributed by atoms with Crippen LogP contribution in [-0.4, -0.2) is 36.8 Å². The van der Waals surface area contributed by atoms with Gasteiger partial charge in [0.15, 0.2) is 0 Å². The Balaban J connectivity index is 2.85. The first-order chi connectivity index (χ1) is 8.39. The predicted molar refractivity (Wildman–Crippen MR) is 74.2 cm³/mol. The number of carbonyl (C=O) groups is 1. The smallest absolute Gasteiger partial charge is 0.325 e. The summed E-state index contributed by atoms with van der Waals surface area (Å²) in [7, 11) is 1.91. The van der Waals surface area contributed by atoms with E-state index in [2.05, 4.69) is 5.32 Å². The molecule has 0 heterocycles. The minimum Gasteiger partial charge on any atom is -0.480 e. The van der Waals surface area contributed by atoms with Crippen molar-refractivity contribution in [3.8, 4) is 0 Å². The van der Waals surface area contributed by atoms with E-state index in [4.69, 9.17) is 0 Å². The summed E-state index contributed by atoms with van der Waals surface area (Å²) >= 11 is 0. The molecule has 18 heavy (non-hydrogen) atoms. The first kappa shape index (κ1) is 14.5. The molecule has 1 unspecified atom stereocenters. The molecule has 4 nitrogen and oxygen atoms in total. The van der Waals surface area contributed by atoms with E-state index in [0.717, 1.165) is 5.69 Å². The Labute approximate surface area is 109 Å². The van der Waals surface area contributed by atoms with Gasteiger partial charge >= 0.3 is 5.97 Å². The molecule has 0 aromatic heterocycles. The number of nitrogens with one attached hydrogen (secondary N) is 1. The normalized spacial score (nSPS) is 14.0. The quantitative estimate of drug-likeness (QED) is 0.809. The van der Waals surface area contributed by atoms with Crippen LogP contribution < -0.4 is 10.2 Å². The molecule has 1 aromatic rings. The van der Waals surface area contributed by atoms with Crippen molar-refractivity contribution in [3.63, 3.8) is 0 Å². The van der Waals surface area contributed by atoms with Crippen LogP contribution in [-0.2, 0) is 4.79 Å². The summed E-state index contributed by atoms with van der Waals surface area (Å²) in [6.07, 6.45) is 0. The number of carboxylic acids is 1. The summed E-state index contributed by atoms with van der Waals surface area (Å²) in [5, 5.41) is 12.4. The van der Waals surface area contributed by atoms with Gasteiger partial charge in [-0.2, -0.15) is 0 Å². The van der Waals surface area contributed by atoms with Crippen LogP contribution in [0.4, 0.5) is 5.69 Å². The number of carboxylic acid groups (broad SMARTS) is 1. The van der Waals surface area contributed by atoms with Gasteiger partial charge in [0.25, 0.3) is 0 Å². The highest BCUT2D eigenvalue weighted by Gasteiger charge is 2.33. The fourth-order valence-corrected chi connectivity index (χ4v) is 2.02. The molecule has 1 aromatic carbocycles. The van der Waals surface area contributed by atoms with Crippen LogP contribution in [0.15, 0.2) is 24.3 Å². The number of likely N-dealkylation sites (N-methyl/N-ethyl adjacent to an activating group) is 2. The first-order valence-corrected chi connectivity index (χ1v) is 6.15. The van der Waals surface area contributed by atoms with Gasteiger partial charge < -0.3 is 15.3 Å². The van der Waals surface area contributed by atoms with E-state index in [1.165, 1.54) is 5.56 Å². The molecule has 1 rings (SSSR count). The van der Waals surface area contributed by atoms with Gasteiger partial charge in [-0.25, -0.2) is 0 Å². The van der Waals surface area contributed by atoms with Crippen LogP contribution in [0.5, 0.6) is 0 Å². The molecule has 100 valence electrons. The molecule has 0 aliphatic heterocycles. The molecule has 0 aliphatic rings. The Hall–Kier alpha value is -1.55. The second kappa shape index (κ2) is 5.87. The maximum atomic E-state index is 11.4. The molecular weight excluding hydrogens is 228 g/mol. The summed E-state index contributed by atoms with van der Waals surface area (Å²) < 4.78 is 0. The lowest BCUT2D eigenvalue weighted by molar-refractivity contribution is -0.143. The van der Waals surface area contributed by atoms with Crippen molar-refractivity contribution in [2.24, 2.45) is 0 Å². The summed E-state index contributed by atoms with van der Waals surface area (Å²) in [6.45, 7) is 6.70. The Morgan fingerprint density at radius 1 is 1.50 bits per heavy atom. The summed E-state index contributed by atoms with van der Waals surface area (Å²) in [5.41, 5.74) is 1.26. The maximum absolute atomic E-state index is 11.4. The van der Waals surface area contributed by atoms with Crippen molar-refractivity contribution in [2.75, 3.05) is 25.0 Å². The van der Waals surface area contributed by atoms with Gasteiger partial charge in [0.1, 0.15) is 5.54 Å². The Morgan fingerprint density at radius 3 is 2.67 bits per heavy atom. The number of nitrogens with zero attached hydrogens (tertiary/aromatic N) is 1. The van der Waals surface area contributed by atoms with Gasteiger partial charge in [-0.3, -0.25) is 4.79 Å². The first-order valence-electron chi connectivity index (χ1n) is 6.15. The molecule has 4 heteroatoms. The van der Waals surface area contributed by atoms with E-state index < -0.39 is 11.5 Å². The van der Waals surface area contributed by atoms with Gasteiger partial charge in [0.05, 0.1) is 0 Å². The lowest BCUT2D eigenvalue weighted by Gasteiger charge is -2.32. The van der Waals surface area contributed by atoms with E-state index in [1.54, 1.807) is 6.92 Å². The van der Waals surface area contributed by atoms with Gasteiger partial charge in [-0.15, -0.1) is 0 Å². The Kier molecular flexibility index (Phi) is 4.73. The van der Waals surface area contributed by atoms with Crippen molar-refractivity contribution < 1.29 is 9.90 Å². The molecule has 0 fully saturated rings. The van der Waals surface area contributed by atoms with Crippen molar-refractivity contribution in [1.82, 2.24) is 5.32 Å². The SMILES string of the molecule is CCNC(C)(CN(C)c1cccc(C)c1)C(=O)O. The number of rotatable bonds is 6.